The molecule has 0 spiro atoms. The molecule has 0 bridgehead atoms. The number of H-pyrrole nitrogens is 1. The summed E-state index contributed by atoms with van der Waals surface area (Å²) in [4.78, 5) is 0. The van der Waals surface area contributed by atoms with Crippen molar-refractivity contribution in [1.82, 2.24) is 10.2 Å². The van der Waals surface area contributed by atoms with Crippen LogP contribution in [0.4, 0.5) is 0 Å². The molecule has 1 aromatic heterocycles. The van der Waals surface area contributed by atoms with E-state index in [0.29, 0.717) is 0 Å². The normalized spacial score (nSPS) is 13.8. The molecule has 3 nitrogen and oxygen atoms in total. The molecule has 0 amide bonds. The molecular formula is C5H8N2O. The minimum absolute atomic E-state index is 0.433. The zero-order valence-electron chi connectivity index (χ0n) is 4.63. The van der Waals surface area contributed by atoms with Crippen LogP contribution < -0.4 is 0 Å². The fourth-order valence-corrected chi connectivity index (χ4v) is 0.499. The Hall–Kier alpha value is -0.830. The van der Waals surface area contributed by atoms with E-state index in [1.165, 1.54) is 0 Å². The topological polar surface area (TPSA) is 48.9 Å². The van der Waals surface area contributed by atoms with Crippen molar-refractivity contribution in [3.8, 4) is 0 Å². The predicted octanol–water partition coefficient (Wildman–Crippen LogP) is 0.463. The fraction of sp³-hybridized carbons (Fsp3) is 0.400. The fourth-order valence-electron chi connectivity index (χ4n) is 0.499. The first-order valence-electron chi connectivity index (χ1n) is 2.48. The van der Waals surface area contributed by atoms with Gasteiger partial charge in [0.05, 0.1) is 11.8 Å². The first-order chi connectivity index (χ1) is 3.80. The van der Waals surface area contributed by atoms with Gasteiger partial charge in [-0.2, -0.15) is 5.10 Å². The highest BCUT2D eigenvalue weighted by atomic mass is 16.3. The van der Waals surface area contributed by atoms with Gasteiger partial charge in [-0.25, -0.2) is 0 Å². The average molecular weight is 112 g/mol. The zero-order chi connectivity index (χ0) is 5.98. The molecule has 0 aliphatic heterocycles. The first kappa shape index (κ1) is 5.31. The SMILES string of the molecule is C[C@@H](O)c1ccn[nH]1. The Morgan fingerprint density at radius 1 is 1.88 bits per heavy atom. The molecule has 0 radical (unpaired) electrons. The van der Waals surface area contributed by atoms with E-state index >= 15 is 0 Å². The van der Waals surface area contributed by atoms with Gasteiger partial charge >= 0.3 is 0 Å². The van der Waals surface area contributed by atoms with Crippen molar-refractivity contribution in [2.24, 2.45) is 0 Å². The van der Waals surface area contributed by atoms with Crippen LogP contribution in [0.2, 0.25) is 0 Å². The quantitative estimate of drug-likeness (QED) is 0.554. The summed E-state index contributed by atoms with van der Waals surface area (Å²) in [5.74, 6) is 0. The first-order valence-corrected chi connectivity index (χ1v) is 2.48. The Morgan fingerprint density at radius 2 is 2.62 bits per heavy atom. The molecule has 1 aromatic rings. The van der Waals surface area contributed by atoms with E-state index < -0.39 is 6.10 Å². The van der Waals surface area contributed by atoms with Gasteiger partial charge < -0.3 is 5.11 Å². The van der Waals surface area contributed by atoms with Crippen molar-refractivity contribution >= 4 is 0 Å². The Morgan fingerprint density at radius 3 is 2.88 bits per heavy atom. The summed E-state index contributed by atoms with van der Waals surface area (Å²) >= 11 is 0. The van der Waals surface area contributed by atoms with Crippen LogP contribution in [0.3, 0.4) is 0 Å². The van der Waals surface area contributed by atoms with Crippen molar-refractivity contribution in [3.05, 3.63) is 18.0 Å². The van der Waals surface area contributed by atoms with E-state index in [9.17, 15) is 0 Å². The highest BCUT2D eigenvalue weighted by Gasteiger charge is 1.97. The Labute approximate surface area is 47.4 Å². The van der Waals surface area contributed by atoms with E-state index in [1.54, 1.807) is 19.2 Å². The molecule has 1 heterocycles. The maximum Gasteiger partial charge on any atom is 0.0926 e. The lowest BCUT2D eigenvalue weighted by Crippen LogP contribution is -1.89. The summed E-state index contributed by atoms with van der Waals surface area (Å²) in [6, 6.07) is 1.74. The van der Waals surface area contributed by atoms with Crippen molar-refractivity contribution in [2.75, 3.05) is 0 Å². The van der Waals surface area contributed by atoms with Crippen LogP contribution in [0.5, 0.6) is 0 Å². The lowest BCUT2D eigenvalue weighted by molar-refractivity contribution is 0.194. The lowest BCUT2D eigenvalue weighted by Gasteiger charge is -1.95. The lowest BCUT2D eigenvalue weighted by atomic mass is 10.3. The van der Waals surface area contributed by atoms with Crippen LogP contribution in [0.25, 0.3) is 0 Å². The molecule has 1 atom stereocenters. The van der Waals surface area contributed by atoms with Gasteiger partial charge in [0.2, 0.25) is 0 Å². The molecule has 0 saturated carbocycles. The van der Waals surface area contributed by atoms with Crippen molar-refractivity contribution in [2.45, 2.75) is 13.0 Å². The summed E-state index contributed by atoms with van der Waals surface area (Å²) in [5, 5.41) is 15.1. The second-order valence-electron chi connectivity index (χ2n) is 1.69. The minimum Gasteiger partial charge on any atom is -0.387 e. The summed E-state index contributed by atoms with van der Waals surface area (Å²) in [6.45, 7) is 1.69. The van der Waals surface area contributed by atoms with Gasteiger partial charge in [-0.3, -0.25) is 5.10 Å². The number of aliphatic hydroxyl groups is 1. The standard InChI is InChI=1S/C5H8N2O/c1-4(8)5-2-3-6-7-5/h2-4,8H,1H3,(H,6,7)/t4-/m1/s1. The van der Waals surface area contributed by atoms with Crippen LogP contribution in [0, 0.1) is 0 Å². The number of hydrogen-bond donors (Lipinski definition) is 2. The molecule has 44 valence electrons. The number of rotatable bonds is 1. The van der Waals surface area contributed by atoms with E-state index in [1.807, 2.05) is 0 Å². The number of aromatic amines is 1. The number of nitrogens with one attached hydrogen (secondary N) is 1. The molecule has 0 aliphatic rings. The molecule has 8 heavy (non-hydrogen) atoms. The van der Waals surface area contributed by atoms with E-state index in [2.05, 4.69) is 10.2 Å². The Kier molecular flexibility index (Phi) is 1.30. The van der Waals surface area contributed by atoms with Crippen molar-refractivity contribution in [1.29, 1.82) is 0 Å². The number of nitrogens with zero attached hydrogens (tertiary/aromatic N) is 1. The number of hydrogen-bond acceptors (Lipinski definition) is 2. The Balaban J connectivity index is 2.77. The predicted molar refractivity (Wildman–Crippen MR) is 29.2 cm³/mol. The second-order valence-corrected chi connectivity index (χ2v) is 1.69. The molecule has 0 unspecified atom stereocenters. The third kappa shape index (κ3) is 0.869. The molecular weight excluding hydrogens is 104 g/mol. The van der Waals surface area contributed by atoms with Crippen LogP contribution in [-0.2, 0) is 0 Å². The van der Waals surface area contributed by atoms with Gasteiger partial charge in [0, 0.05) is 6.20 Å². The van der Waals surface area contributed by atoms with Crippen LogP contribution >= 0.6 is 0 Å². The van der Waals surface area contributed by atoms with Gasteiger partial charge in [0.25, 0.3) is 0 Å². The smallest absolute Gasteiger partial charge is 0.0926 e. The zero-order valence-corrected chi connectivity index (χ0v) is 4.63. The van der Waals surface area contributed by atoms with E-state index in [4.69, 9.17) is 5.11 Å². The maximum absolute atomic E-state index is 8.84. The minimum atomic E-state index is -0.433. The third-order valence-corrected chi connectivity index (χ3v) is 0.972. The monoisotopic (exact) mass is 112 g/mol. The molecule has 2 N–H and O–H groups in total. The summed E-state index contributed by atoms with van der Waals surface area (Å²) in [6.07, 6.45) is 1.18. The van der Waals surface area contributed by atoms with Crippen molar-refractivity contribution < 1.29 is 5.11 Å². The summed E-state index contributed by atoms with van der Waals surface area (Å²) in [5.41, 5.74) is 0.755. The third-order valence-electron chi connectivity index (χ3n) is 0.972. The van der Waals surface area contributed by atoms with Crippen LogP contribution in [0.15, 0.2) is 12.3 Å². The maximum atomic E-state index is 8.84. The molecule has 0 fully saturated rings. The van der Waals surface area contributed by atoms with Crippen LogP contribution in [-0.4, -0.2) is 15.3 Å². The molecule has 0 aliphatic carbocycles. The van der Waals surface area contributed by atoms with Gasteiger partial charge in [-0.05, 0) is 13.0 Å². The number of aromatic nitrogens is 2. The van der Waals surface area contributed by atoms with E-state index in [-0.39, 0.29) is 0 Å². The number of aliphatic hydroxyl groups excluding tert-OH is 1. The van der Waals surface area contributed by atoms with Gasteiger partial charge in [-0.1, -0.05) is 0 Å². The average Bonchev–Trinajstić information content (AvgIpc) is 2.12. The largest absolute Gasteiger partial charge is 0.387 e. The van der Waals surface area contributed by atoms with Gasteiger partial charge in [0.1, 0.15) is 0 Å². The summed E-state index contributed by atoms with van der Waals surface area (Å²) in [7, 11) is 0. The molecule has 0 aromatic carbocycles. The summed E-state index contributed by atoms with van der Waals surface area (Å²) < 4.78 is 0. The molecule has 0 saturated heterocycles. The highest BCUT2D eigenvalue weighted by molar-refractivity contribution is 4.99. The van der Waals surface area contributed by atoms with Crippen molar-refractivity contribution in [3.63, 3.8) is 0 Å². The molecule has 3 heteroatoms. The van der Waals surface area contributed by atoms with Crippen LogP contribution in [0.1, 0.15) is 18.7 Å². The second kappa shape index (κ2) is 1.96. The Bertz CT molecular complexity index is 145. The van der Waals surface area contributed by atoms with Gasteiger partial charge in [-0.15, -0.1) is 0 Å². The highest BCUT2D eigenvalue weighted by Crippen LogP contribution is 2.04. The van der Waals surface area contributed by atoms with E-state index in [0.717, 1.165) is 5.69 Å². The van der Waals surface area contributed by atoms with Gasteiger partial charge in [0.15, 0.2) is 0 Å². The molecule has 1 rings (SSSR count).